The fourth-order valence-electron chi connectivity index (χ4n) is 2.57. The highest BCUT2D eigenvalue weighted by Gasteiger charge is 2.20. The minimum atomic E-state index is -0.00294. The van der Waals surface area contributed by atoms with Gasteiger partial charge in [-0.05, 0) is 31.5 Å². The van der Waals surface area contributed by atoms with E-state index >= 15 is 0 Å². The van der Waals surface area contributed by atoms with Gasteiger partial charge >= 0.3 is 0 Å². The summed E-state index contributed by atoms with van der Waals surface area (Å²) in [5.41, 5.74) is 3.68. The van der Waals surface area contributed by atoms with Crippen molar-refractivity contribution in [1.82, 2.24) is 15.6 Å². The summed E-state index contributed by atoms with van der Waals surface area (Å²) in [5, 5.41) is 6.72. The number of rotatable bonds is 7. The molecule has 0 unspecified atom stereocenters. The molecule has 0 radical (unpaired) electrons. The second-order valence-electron chi connectivity index (χ2n) is 6.94. The number of pyridine rings is 1. The molecule has 5 heteroatoms. The van der Waals surface area contributed by atoms with Crippen molar-refractivity contribution < 1.29 is 0 Å². The van der Waals surface area contributed by atoms with Gasteiger partial charge in [0.2, 0.25) is 0 Å². The van der Waals surface area contributed by atoms with E-state index in [1.807, 2.05) is 24.4 Å². The number of hydrogen-bond acceptors (Lipinski definition) is 2. The molecule has 4 nitrogen and oxygen atoms in total. The Balaban J connectivity index is 0.00000338. The van der Waals surface area contributed by atoms with Crippen LogP contribution in [-0.4, -0.2) is 30.6 Å². The summed E-state index contributed by atoms with van der Waals surface area (Å²) in [5.74, 6) is 0.860. The Morgan fingerprint density at radius 2 is 1.81 bits per heavy atom. The zero-order valence-electron chi connectivity index (χ0n) is 16.2. The van der Waals surface area contributed by atoms with Gasteiger partial charge < -0.3 is 10.6 Å². The Labute approximate surface area is 174 Å². The van der Waals surface area contributed by atoms with Crippen molar-refractivity contribution >= 4 is 29.9 Å². The first-order valence-corrected chi connectivity index (χ1v) is 9.00. The summed E-state index contributed by atoms with van der Waals surface area (Å²) < 4.78 is 0. The van der Waals surface area contributed by atoms with Crippen molar-refractivity contribution in [2.24, 2.45) is 4.99 Å². The van der Waals surface area contributed by atoms with E-state index < -0.39 is 0 Å². The number of benzene rings is 1. The second kappa shape index (κ2) is 11.2. The van der Waals surface area contributed by atoms with Crippen LogP contribution < -0.4 is 10.6 Å². The van der Waals surface area contributed by atoms with Crippen molar-refractivity contribution in [1.29, 1.82) is 0 Å². The lowest BCUT2D eigenvalue weighted by Crippen LogP contribution is -2.39. The van der Waals surface area contributed by atoms with Crippen LogP contribution in [0.1, 0.15) is 37.6 Å². The minimum Gasteiger partial charge on any atom is -0.357 e. The lowest BCUT2D eigenvalue weighted by Gasteiger charge is -2.24. The number of hydrogen-bond donors (Lipinski definition) is 2. The maximum atomic E-state index is 4.79. The Bertz CT molecular complexity index is 666. The molecule has 0 aliphatic carbocycles. The Morgan fingerprint density at radius 3 is 2.42 bits per heavy atom. The largest absolute Gasteiger partial charge is 0.357 e. The van der Waals surface area contributed by atoms with E-state index in [9.17, 15) is 0 Å². The van der Waals surface area contributed by atoms with Crippen molar-refractivity contribution in [3.05, 3.63) is 65.5 Å². The number of aliphatic imine (C=N–C) groups is 1. The van der Waals surface area contributed by atoms with E-state index in [0.717, 1.165) is 37.7 Å². The van der Waals surface area contributed by atoms with Gasteiger partial charge in [0.1, 0.15) is 0 Å². The van der Waals surface area contributed by atoms with Crippen molar-refractivity contribution in [2.75, 3.05) is 19.6 Å². The number of aromatic nitrogens is 1. The molecular weight excluding hydrogens is 435 g/mol. The third-order valence-electron chi connectivity index (χ3n) is 4.21. The molecule has 0 aliphatic heterocycles. The van der Waals surface area contributed by atoms with Gasteiger partial charge in [-0.25, -0.2) is 0 Å². The molecule has 2 aromatic rings. The number of halogens is 1. The standard InChI is InChI=1S/C21H30N4.HI/c1-5-22-20(24-15-13-19-8-6-7-14-23-19)25-16-21(3,4)18-11-9-17(2)10-12-18;/h6-12,14H,5,13,15-16H2,1-4H3,(H2,22,24,25);1H. The van der Waals surface area contributed by atoms with Gasteiger partial charge in [0, 0.05) is 36.8 Å². The summed E-state index contributed by atoms with van der Waals surface area (Å²) in [7, 11) is 0. The van der Waals surface area contributed by atoms with Crippen LogP contribution in [0.3, 0.4) is 0 Å². The van der Waals surface area contributed by atoms with Crippen molar-refractivity contribution in [3.63, 3.8) is 0 Å². The minimum absolute atomic E-state index is 0. The van der Waals surface area contributed by atoms with Crippen LogP contribution >= 0.6 is 24.0 Å². The third kappa shape index (κ3) is 7.32. The van der Waals surface area contributed by atoms with Crippen LogP contribution in [0.5, 0.6) is 0 Å². The van der Waals surface area contributed by atoms with Crippen LogP contribution in [0.4, 0.5) is 0 Å². The molecule has 0 fully saturated rings. The fraction of sp³-hybridized carbons (Fsp3) is 0.429. The summed E-state index contributed by atoms with van der Waals surface area (Å²) in [6.07, 6.45) is 2.71. The molecule has 0 atom stereocenters. The van der Waals surface area contributed by atoms with Crippen LogP contribution in [-0.2, 0) is 11.8 Å². The first kappa shape index (κ1) is 22.4. The van der Waals surface area contributed by atoms with Crippen molar-refractivity contribution in [2.45, 2.75) is 39.5 Å². The highest BCUT2D eigenvalue weighted by molar-refractivity contribution is 14.0. The molecule has 1 aromatic carbocycles. The van der Waals surface area contributed by atoms with Crippen LogP contribution in [0.15, 0.2) is 53.7 Å². The summed E-state index contributed by atoms with van der Waals surface area (Å²) in [6.45, 7) is 11.1. The first-order chi connectivity index (χ1) is 12.0. The predicted molar refractivity (Wildman–Crippen MR) is 122 cm³/mol. The Morgan fingerprint density at radius 1 is 1.08 bits per heavy atom. The highest BCUT2D eigenvalue weighted by Crippen LogP contribution is 2.23. The molecule has 0 saturated heterocycles. The molecule has 0 saturated carbocycles. The predicted octanol–water partition coefficient (Wildman–Crippen LogP) is 4.08. The van der Waals surface area contributed by atoms with Gasteiger partial charge in [0.05, 0.1) is 6.54 Å². The number of nitrogens with zero attached hydrogens (tertiary/aromatic N) is 2. The molecule has 1 aromatic heterocycles. The Kier molecular flexibility index (Phi) is 9.62. The van der Waals surface area contributed by atoms with Crippen LogP contribution in [0, 0.1) is 6.92 Å². The average Bonchev–Trinajstić information content (AvgIpc) is 2.61. The molecule has 0 spiro atoms. The maximum absolute atomic E-state index is 4.79. The molecule has 1 heterocycles. The molecule has 0 amide bonds. The van der Waals surface area contributed by atoms with Gasteiger partial charge in [-0.1, -0.05) is 49.7 Å². The lowest BCUT2D eigenvalue weighted by molar-refractivity contribution is 0.537. The molecule has 2 N–H and O–H groups in total. The molecule has 0 bridgehead atoms. The fourth-order valence-corrected chi connectivity index (χ4v) is 2.57. The molecule has 2 rings (SSSR count). The molecule has 26 heavy (non-hydrogen) atoms. The zero-order valence-corrected chi connectivity index (χ0v) is 18.6. The van der Waals surface area contributed by atoms with Gasteiger partial charge in [-0.2, -0.15) is 0 Å². The summed E-state index contributed by atoms with van der Waals surface area (Å²) >= 11 is 0. The summed E-state index contributed by atoms with van der Waals surface area (Å²) in [6, 6.07) is 14.7. The van der Waals surface area contributed by atoms with E-state index in [1.54, 1.807) is 0 Å². The number of guanidine groups is 1. The number of nitrogens with one attached hydrogen (secondary N) is 2. The highest BCUT2D eigenvalue weighted by atomic mass is 127. The van der Waals surface area contributed by atoms with Gasteiger partial charge in [0.15, 0.2) is 5.96 Å². The third-order valence-corrected chi connectivity index (χ3v) is 4.21. The van der Waals surface area contributed by atoms with E-state index in [-0.39, 0.29) is 29.4 Å². The van der Waals surface area contributed by atoms with E-state index in [2.05, 4.69) is 67.6 Å². The average molecular weight is 466 g/mol. The number of aryl methyl sites for hydroxylation is 1. The molecular formula is C21H31IN4. The second-order valence-corrected chi connectivity index (χ2v) is 6.94. The van der Waals surface area contributed by atoms with Gasteiger partial charge in [0.25, 0.3) is 0 Å². The maximum Gasteiger partial charge on any atom is 0.191 e. The van der Waals surface area contributed by atoms with Crippen molar-refractivity contribution in [3.8, 4) is 0 Å². The van der Waals surface area contributed by atoms with E-state index in [4.69, 9.17) is 4.99 Å². The van der Waals surface area contributed by atoms with Crippen LogP contribution in [0.2, 0.25) is 0 Å². The van der Waals surface area contributed by atoms with E-state index in [0.29, 0.717) is 0 Å². The molecule has 142 valence electrons. The van der Waals surface area contributed by atoms with Crippen LogP contribution in [0.25, 0.3) is 0 Å². The summed E-state index contributed by atoms with van der Waals surface area (Å²) in [4.78, 5) is 9.14. The first-order valence-electron chi connectivity index (χ1n) is 9.00. The monoisotopic (exact) mass is 466 g/mol. The molecule has 0 aliphatic rings. The normalized spacial score (nSPS) is 11.6. The zero-order chi connectivity index (χ0) is 18.1. The smallest absolute Gasteiger partial charge is 0.191 e. The Hall–Kier alpha value is -1.63. The quantitative estimate of drug-likeness (QED) is 0.367. The topological polar surface area (TPSA) is 49.3 Å². The van der Waals surface area contributed by atoms with Gasteiger partial charge in [-0.15, -0.1) is 24.0 Å². The lowest BCUT2D eigenvalue weighted by atomic mass is 9.84. The van der Waals surface area contributed by atoms with E-state index in [1.165, 1.54) is 11.1 Å². The van der Waals surface area contributed by atoms with Gasteiger partial charge in [-0.3, -0.25) is 9.98 Å². The SMILES string of the molecule is CCNC(=NCC(C)(C)c1ccc(C)cc1)NCCc1ccccn1.I.